The van der Waals surface area contributed by atoms with Gasteiger partial charge in [0.15, 0.2) is 0 Å². The first-order valence-corrected chi connectivity index (χ1v) is 6.69. The highest BCUT2D eigenvalue weighted by molar-refractivity contribution is 5.81. The fourth-order valence-electron chi connectivity index (χ4n) is 2.85. The van der Waals surface area contributed by atoms with Gasteiger partial charge in [0.1, 0.15) is 0 Å². The van der Waals surface area contributed by atoms with E-state index < -0.39 is 0 Å². The Labute approximate surface area is 103 Å². The molecule has 2 unspecified atom stereocenters. The van der Waals surface area contributed by atoms with Gasteiger partial charge in [0.05, 0.1) is 6.04 Å². The summed E-state index contributed by atoms with van der Waals surface area (Å²) in [5, 5.41) is 3.33. The molecule has 0 aromatic heterocycles. The van der Waals surface area contributed by atoms with Gasteiger partial charge in [-0.1, -0.05) is 0 Å². The number of piperazine rings is 1. The van der Waals surface area contributed by atoms with Crippen molar-refractivity contribution in [2.45, 2.75) is 31.8 Å². The zero-order chi connectivity index (χ0) is 12.3. The summed E-state index contributed by atoms with van der Waals surface area (Å²) in [5.41, 5.74) is 5.78. The van der Waals surface area contributed by atoms with Crippen LogP contribution in [0, 0.1) is 0 Å². The summed E-state index contributed by atoms with van der Waals surface area (Å²) in [6, 6.07) is 0.272. The van der Waals surface area contributed by atoms with Gasteiger partial charge in [-0.3, -0.25) is 9.69 Å². The van der Waals surface area contributed by atoms with Crippen LogP contribution < -0.4 is 11.1 Å². The van der Waals surface area contributed by atoms with Gasteiger partial charge >= 0.3 is 0 Å². The number of nitrogens with one attached hydrogen (secondary N) is 1. The lowest BCUT2D eigenvalue weighted by molar-refractivity contribution is -0.136. The minimum Gasteiger partial charge on any atom is -0.341 e. The van der Waals surface area contributed by atoms with E-state index >= 15 is 0 Å². The second-order valence-electron chi connectivity index (χ2n) is 5.04. The smallest absolute Gasteiger partial charge is 0.239 e. The highest BCUT2D eigenvalue weighted by Gasteiger charge is 2.32. The number of carbonyl (C=O) groups excluding carboxylic acids is 1. The summed E-state index contributed by atoms with van der Waals surface area (Å²) in [4.78, 5) is 16.6. The molecule has 2 rings (SSSR count). The summed E-state index contributed by atoms with van der Waals surface area (Å²) in [7, 11) is 0. The third-order valence-corrected chi connectivity index (χ3v) is 3.94. The van der Waals surface area contributed by atoms with E-state index in [2.05, 4.69) is 10.2 Å². The summed E-state index contributed by atoms with van der Waals surface area (Å²) >= 11 is 0. The van der Waals surface area contributed by atoms with Crippen molar-refractivity contribution in [1.29, 1.82) is 0 Å². The standard InChI is InChI=1S/C12H24N4O/c1-10(12(17)15-5-2-3-6-15)16-7-4-14-9-11(16)8-13/h10-11,14H,2-9,13H2,1H3. The molecule has 0 radical (unpaired) electrons. The van der Waals surface area contributed by atoms with E-state index in [1.165, 1.54) is 0 Å². The molecule has 0 aromatic rings. The minimum absolute atomic E-state index is 0.0243. The lowest BCUT2D eigenvalue weighted by Crippen LogP contribution is -2.60. The predicted octanol–water partition coefficient (Wildman–Crippen LogP) is -0.770. The van der Waals surface area contributed by atoms with Gasteiger partial charge in [-0.25, -0.2) is 0 Å². The first kappa shape index (κ1) is 12.8. The molecule has 5 nitrogen and oxygen atoms in total. The van der Waals surface area contributed by atoms with E-state index in [0.29, 0.717) is 12.6 Å². The topological polar surface area (TPSA) is 61.6 Å². The number of likely N-dealkylation sites (tertiary alicyclic amines) is 1. The molecule has 0 aliphatic carbocycles. The van der Waals surface area contributed by atoms with Crippen molar-refractivity contribution in [2.75, 3.05) is 39.3 Å². The second-order valence-corrected chi connectivity index (χ2v) is 5.04. The highest BCUT2D eigenvalue weighted by Crippen LogP contribution is 2.14. The Kier molecular flexibility index (Phi) is 4.36. The van der Waals surface area contributed by atoms with E-state index in [1.54, 1.807) is 0 Å². The highest BCUT2D eigenvalue weighted by atomic mass is 16.2. The Bertz CT molecular complexity index is 265. The number of nitrogens with zero attached hydrogens (tertiary/aromatic N) is 2. The molecule has 0 bridgehead atoms. The SMILES string of the molecule is CC(C(=O)N1CCCC1)N1CCNCC1CN. The molecule has 1 amide bonds. The number of amides is 1. The Hall–Kier alpha value is -0.650. The Morgan fingerprint density at radius 3 is 2.76 bits per heavy atom. The van der Waals surface area contributed by atoms with Gasteiger partial charge < -0.3 is 16.0 Å². The first-order chi connectivity index (χ1) is 8.24. The molecule has 0 spiro atoms. The zero-order valence-corrected chi connectivity index (χ0v) is 10.7. The van der Waals surface area contributed by atoms with E-state index in [4.69, 9.17) is 5.73 Å². The average molecular weight is 240 g/mol. The van der Waals surface area contributed by atoms with Crippen molar-refractivity contribution in [1.82, 2.24) is 15.1 Å². The Morgan fingerprint density at radius 2 is 2.12 bits per heavy atom. The molecular formula is C12H24N4O. The van der Waals surface area contributed by atoms with Crippen LogP contribution in [-0.4, -0.2) is 67.1 Å². The number of rotatable bonds is 3. The molecule has 2 aliphatic heterocycles. The number of nitrogens with two attached hydrogens (primary N) is 1. The largest absolute Gasteiger partial charge is 0.341 e. The maximum absolute atomic E-state index is 12.3. The van der Waals surface area contributed by atoms with Crippen LogP contribution in [0.15, 0.2) is 0 Å². The molecule has 5 heteroatoms. The van der Waals surface area contributed by atoms with Crippen LogP contribution in [0.1, 0.15) is 19.8 Å². The Balaban J connectivity index is 1.96. The quantitative estimate of drug-likeness (QED) is 0.680. The molecule has 0 saturated carbocycles. The predicted molar refractivity (Wildman–Crippen MR) is 67.7 cm³/mol. The second kappa shape index (κ2) is 5.80. The first-order valence-electron chi connectivity index (χ1n) is 6.69. The van der Waals surface area contributed by atoms with Crippen molar-refractivity contribution in [2.24, 2.45) is 5.73 Å². The van der Waals surface area contributed by atoms with Crippen LogP contribution in [0.2, 0.25) is 0 Å². The summed E-state index contributed by atoms with van der Waals surface area (Å²) in [6.07, 6.45) is 2.31. The third-order valence-electron chi connectivity index (χ3n) is 3.94. The van der Waals surface area contributed by atoms with Gasteiger partial charge in [0.25, 0.3) is 0 Å². The maximum atomic E-state index is 12.3. The molecule has 98 valence electrons. The monoisotopic (exact) mass is 240 g/mol. The molecule has 0 aromatic carbocycles. The summed E-state index contributed by atoms with van der Waals surface area (Å²) in [5.74, 6) is 0.280. The fourth-order valence-corrected chi connectivity index (χ4v) is 2.85. The van der Waals surface area contributed by atoms with E-state index in [0.717, 1.165) is 45.6 Å². The van der Waals surface area contributed by atoms with Crippen molar-refractivity contribution in [3.8, 4) is 0 Å². The molecular weight excluding hydrogens is 216 g/mol. The van der Waals surface area contributed by atoms with Gasteiger partial charge in [0, 0.05) is 45.3 Å². The molecule has 3 N–H and O–H groups in total. The number of carbonyl (C=O) groups is 1. The van der Waals surface area contributed by atoms with Crippen molar-refractivity contribution in [3.63, 3.8) is 0 Å². The normalized spacial score (nSPS) is 28.4. The van der Waals surface area contributed by atoms with Crippen LogP contribution >= 0.6 is 0 Å². The Morgan fingerprint density at radius 1 is 1.41 bits per heavy atom. The van der Waals surface area contributed by atoms with E-state index in [-0.39, 0.29) is 11.9 Å². The average Bonchev–Trinajstić information content (AvgIpc) is 2.90. The van der Waals surface area contributed by atoms with Gasteiger partial charge in [-0.2, -0.15) is 0 Å². The van der Waals surface area contributed by atoms with Gasteiger partial charge in [0.2, 0.25) is 5.91 Å². The fraction of sp³-hybridized carbons (Fsp3) is 0.917. The lowest BCUT2D eigenvalue weighted by atomic mass is 10.1. The molecule has 2 atom stereocenters. The zero-order valence-electron chi connectivity index (χ0n) is 10.7. The van der Waals surface area contributed by atoms with Gasteiger partial charge in [-0.05, 0) is 19.8 Å². The maximum Gasteiger partial charge on any atom is 0.239 e. The molecule has 2 saturated heterocycles. The molecule has 2 heterocycles. The van der Waals surface area contributed by atoms with Gasteiger partial charge in [-0.15, -0.1) is 0 Å². The molecule has 2 fully saturated rings. The van der Waals surface area contributed by atoms with Crippen molar-refractivity contribution in [3.05, 3.63) is 0 Å². The van der Waals surface area contributed by atoms with Crippen molar-refractivity contribution < 1.29 is 4.79 Å². The van der Waals surface area contributed by atoms with Crippen LogP contribution in [0.3, 0.4) is 0 Å². The van der Waals surface area contributed by atoms with Crippen LogP contribution in [0.4, 0.5) is 0 Å². The van der Waals surface area contributed by atoms with Crippen molar-refractivity contribution >= 4 is 5.91 Å². The van der Waals surface area contributed by atoms with E-state index in [9.17, 15) is 4.79 Å². The summed E-state index contributed by atoms with van der Waals surface area (Å²) < 4.78 is 0. The molecule has 17 heavy (non-hydrogen) atoms. The van der Waals surface area contributed by atoms with E-state index in [1.807, 2.05) is 11.8 Å². The lowest BCUT2D eigenvalue weighted by Gasteiger charge is -2.40. The summed E-state index contributed by atoms with van der Waals surface area (Å²) in [6.45, 7) is 7.27. The minimum atomic E-state index is -0.0243. The number of hydrogen-bond donors (Lipinski definition) is 2. The van der Waals surface area contributed by atoms with Crippen LogP contribution in [-0.2, 0) is 4.79 Å². The molecule has 2 aliphatic rings. The third kappa shape index (κ3) is 2.78. The van der Waals surface area contributed by atoms with Crippen LogP contribution in [0.25, 0.3) is 0 Å². The number of hydrogen-bond acceptors (Lipinski definition) is 4. The van der Waals surface area contributed by atoms with Crippen LogP contribution in [0.5, 0.6) is 0 Å².